The van der Waals surface area contributed by atoms with Gasteiger partial charge in [-0.3, -0.25) is 0 Å². The molecule has 0 saturated heterocycles. The first-order chi connectivity index (χ1) is 19.9. The number of fused-ring (bicyclic) bond motifs is 11. The van der Waals surface area contributed by atoms with Crippen molar-refractivity contribution in [3.05, 3.63) is 127 Å². The molecule has 0 atom stereocenters. The van der Waals surface area contributed by atoms with Crippen molar-refractivity contribution in [2.24, 2.45) is 0 Å². The van der Waals surface area contributed by atoms with Gasteiger partial charge in [-0.05, 0) is 71.0 Å². The maximum atomic E-state index is 6.54. The molecule has 0 unspecified atom stereocenters. The fourth-order valence-corrected chi connectivity index (χ4v) is 7.39. The molecule has 2 aromatic heterocycles. The number of rotatable bonds is 1. The summed E-state index contributed by atoms with van der Waals surface area (Å²) >= 11 is 0. The highest BCUT2D eigenvalue weighted by Crippen LogP contribution is 2.42. The third kappa shape index (κ3) is 2.43. The van der Waals surface area contributed by atoms with E-state index in [4.69, 9.17) is 4.74 Å². The maximum Gasteiger partial charge on any atom is 0.256 e. The summed E-state index contributed by atoms with van der Waals surface area (Å²) in [5.74, 6) is 1.91. The molecule has 4 heterocycles. The van der Waals surface area contributed by atoms with Gasteiger partial charge >= 0.3 is 0 Å². The van der Waals surface area contributed by atoms with Crippen molar-refractivity contribution in [1.29, 1.82) is 0 Å². The molecule has 2 aliphatic heterocycles. The minimum atomic E-state index is 0.144. The molecule has 2 aliphatic rings. The Bertz CT molecular complexity index is 2360. The van der Waals surface area contributed by atoms with E-state index < -0.39 is 0 Å². The molecule has 6 aromatic carbocycles. The van der Waals surface area contributed by atoms with Gasteiger partial charge in [-0.15, -0.1) is 0 Å². The zero-order chi connectivity index (χ0) is 25.9. The Morgan fingerprint density at radius 2 is 1.20 bits per heavy atom. The van der Waals surface area contributed by atoms with Crippen LogP contribution in [0.15, 0.2) is 127 Å². The van der Waals surface area contributed by atoms with Crippen molar-refractivity contribution in [3.8, 4) is 22.9 Å². The topological polar surface area (TPSA) is 19.1 Å². The number of hydrogen-bond donors (Lipinski definition) is 0. The first kappa shape index (κ1) is 20.7. The quantitative estimate of drug-likeness (QED) is 0.223. The van der Waals surface area contributed by atoms with E-state index in [0.29, 0.717) is 0 Å². The van der Waals surface area contributed by atoms with Crippen LogP contribution in [0.1, 0.15) is 0 Å². The lowest BCUT2D eigenvalue weighted by molar-refractivity contribution is 0.488. The summed E-state index contributed by atoms with van der Waals surface area (Å²) in [6.45, 7) is 0.144. The smallest absolute Gasteiger partial charge is 0.256 e. The predicted octanol–water partition coefficient (Wildman–Crippen LogP) is 6.82. The van der Waals surface area contributed by atoms with Crippen LogP contribution in [0.4, 0.5) is 0 Å². The number of para-hydroxylation sites is 4. The van der Waals surface area contributed by atoms with E-state index >= 15 is 0 Å². The van der Waals surface area contributed by atoms with Gasteiger partial charge in [0.15, 0.2) is 0 Å². The highest BCUT2D eigenvalue weighted by molar-refractivity contribution is 6.99. The van der Waals surface area contributed by atoms with Gasteiger partial charge in [-0.25, -0.2) is 0 Å². The highest BCUT2D eigenvalue weighted by atomic mass is 16.5. The van der Waals surface area contributed by atoms with E-state index in [9.17, 15) is 0 Å². The third-order valence-electron chi connectivity index (χ3n) is 8.96. The molecule has 8 aromatic rings. The van der Waals surface area contributed by atoms with Crippen molar-refractivity contribution in [3.63, 3.8) is 0 Å². The van der Waals surface area contributed by atoms with Gasteiger partial charge in [0.1, 0.15) is 11.5 Å². The van der Waals surface area contributed by atoms with E-state index in [1.54, 1.807) is 0 Å². The van der Waals surface area contributed by atoms with Crippen LogP contribution in [0.25, 0.3) is 55.0 Å². The second-order valence-corrected chi connectivity index (χ2v) is 10.9. The Hall–Kier alpha value is -5.22. The third-order valence-corrected chi connectivity index (χ3v) is 8.96. The highest BCUT2D eigenvalue weighted by Gasteiger charge is 2.40. The fourth-order valence-electron chi connectivity index (χ4n) is 7.39. The molecule has 0 fully saturated rings. The summed E-state index contributed by atoms with van der Waals surface area (Å²) in [4.78, 5) is 0. The molecule has 0 aliphatic carbocycles. The first-order valence-electron chi connectivity index (χ1n) is 13.8. The second-order valence-electron chi connectivity index (χ2n) is 10.9. The fraction of sp³-hybridized carbons (Fsp3) is 0. The van der Waals surface area contributed by atoms with Crippen molar-refractivity contribution in [1.82, 2.24) is 9.13 Å². The van der Waals surface area contributed by atoms with Gasteiger partial charge in [-0.2, -0.15) is 0 Å². The average molecular weight is 508 g/mol. The van der Waals surface area contributed by atoms with E-state index in [2.05, 4.69) is 137 Å². The molecule has 0 saturated carbocycles. The summed E-state index contributed by atoms with van der Waals surface area (Å²) in [5.41, 5.74) is 11.2. The van der Waals surface area contributed by atoms with Crippen LogP contribution in [0.5, 0.6) is 11.5 Å². The van der Waals surface area contributed by atoms with Gasteiger partial charge in [0.2, 0.25) is 0 Å². The Morgan fingerprint density at radius 1 is 0.475 bits per heavy atom. The van der Waals surface area contributed by atoms with Crippen molar-refractivity contribution < 1.29 is 4.74 Å². The summed E-state index contributed by atoms with van der Waals surface area (Å²) in [6.07, 6.45) is 0. The van der Waals surface area contributed by atoms with Gasteiger partial charge in [0.25, 0.3) is 6.71 Å². The molecule has 4 heteroatoms. The zero-order valence-corrected chi connectivity index (χ0v) is 21.5. The lowest BCUT2D eigenvalue weighted by Gasteiger charge is -2.32. The molecule has 0 radical (unpaired) electrons. The summed E-state index contributed by atoms with van der Waals surface area (Å²) in [6, 6.07) is 46.1. The summed E-state index contributed by atoms with van der Waals surface area (Å²) in [5, 5.41) is 5.09. The average Bonchev–Trinajstić information content (AvgIpc) is 3.52. The summed E-state index contributed by atoms with van der Waals surface area (Å²) < 4.78 is 11.4. The van der Waals surface area contributed by atoms with Gasteiger partial charge < -0.3 is 13.9 Å². The second kappa shape index (κ2) is 7.25. The van der Waals surface area contributed by atoms with E-state index in [-0.39, 0.29) is 6.71 Å². The van der Waals surface area contributed by atoms with Crippen LogP contribution in [0.2, 0.25) is 0 Å². The first-order valence-corrected chi connectivity index (χ1v) is 13.8. The van der Waals surface area contributed by atoms with Crippen LogP contribution >= 0.6 is 0 Å². The number of hydrogen-bond acceptors (Lipinski definition) is 1. The molecular formula is C36H21BN2O. The molecule has 0 spiro atoms. The minimum Gasteiger partial charge on any atom is -0.458 e. The zero-order valence-electron chi connectivity index (χ0n) is 21.5. The van der Waals surface area contributed by atoms with Gasteiger partial charge in [0.05, 0.1) is 22.1 Å². The number of benzene rings is 6. The maximum absolute atomic E-state index is 6.54. The number of nitrogens with zero attached hydrogens (tertiary/aromatic N) is 2. The Balaban J connectivity index is 1.41. The van der Waals surface area contributed by atoms with Crippen LogP contribution in [0, 0.1) is 0 Å². The van der Waals surface area contributed by atoms with Crippen molar-refractivity contribution in [2.75, 3.05) is 0 Å². The van der Waals surface area contributed by atoms with Crippen LogP contribution in [-0.2, 0) is 0 Å². The van der Waals surface area contributed by atoms with E-state index in [0.717, 1.165) is 11.5 Å². The van der Waals surface area contributed by atoms with Gasteiger partial charge in [0, 0.05) is 32.9 Å². The Labute approximate surface area is 230 Å². The number of ether oxygens (including phenoxy) is 1. The monoisotopic (exact) mass is 508 g/mol. The van der Waals surface area contributed by atoms with Crippen LogP contribution in [0.3, 0.4) is 0 Å². The van der Waals surface area contributed by atoms with Gasteiger partial charge in [-0.1, -0.05) is 72.8 Å². The van der Waals surface area contributed by atoms with Crippen LogP contribution in [-0.4, -0.2) is 15.8 Å². The largest absolute Gasteiger partial charge is 0.458 e. The van der Waals surface area contributed by atoms with Crippen molar-refractivity contribution in [2.45, 2.75) is 0 Å². The molecule has 0 amide bonds. The minimum absolute atomic E-state index is 0.144. The normalized spacial score (nSPS) is 13.2. The summed E-state index contributed by atoms with van der Waals surface area (Å²) in [7, 11) is 0. The molecule has 0 N–H and O–H groups in total. The molecule has 0 bridgehead atoms. The molecule has 3 nitrogen and oxygen atoms in total. The standard InChI is InChI=1S/C36H21BN2O/c1-2-10-22(11-3-1)38-29-15-7-4-12-23(29)25-20-26-24-18-19-34-35-36(24)39(32(26)21-31(25)38)30-16-8-5-13-27(30)37(35)28-14-6-9-17-33(28)40-34/h1-21H. The van der Waals surface area contributed by atoms with Crippen LogP contribution < -0.4 is 21.1 Å². The van der Waals surface area contributed by atoms with E-state index in [1.807, 2.05) is 0 Å². The predicted molar refractivity (Wildman–Crippen MR) is 166 cm³/mol. The lowest BCUT2D eigenvalue weighted by atomic mass is 9.34. The Morgan fingerprint density at radius 3 is 2.12 bits per heavy atom. The van der Waals surface area contributed by atoms with E-state index in [1.165, 1.54) is 71.4 Å². The number of aromatic nitrogens is 2. The molecule has 10 rings (SSSR count). The van der Waals surface area contributed by atoms with Crippen molar-refractivity contribution >= 4 is 66.7 Å². The lowest BCUT2D eigenvalue weighted by Crippen LogP contribution is -2.58. The molecular weight excluding hydrogens is 487 g/mol. The molecule has 40 heavy (non-hydrogen) atoms. The SMILES string of the molecule is c1ccc(-n2c3ccccc3c3cc4c5ccc6c7c5n(c4cc32)-c2ccccc2B7c2ccccc2O6)cc1. The molecule has 184 valence electrons. The Kier molecular flexibility index (Phi) is 3.75.